The van der Waals surface area contributed by atoms with Crippen molar-refractivity contribution in [3.63, 3.8) is 0 Å². The van der Waals surface area contributed by atoms with E-state index in [0.717, 1.165) is 16.7 Å². The van der Waals surface area contributed by atoms with Gasteiger partial charge >= 0.3 is 5.97 Å². The van der Waals surface area contributed by atoms with E-state index >= 15 is 0 Å². The Morgan fingerprint density at radius 1 is 1.00 bits per heavy atom. The normalized spacial score (nSPS) is 15.3. The fourth-order valence-corrected chi connectivity index (χ4v) is 3.87. The number of esters is 1. The standard InChI is InChI=1S/C25H30N2O6/c1-17-5-7-18(8-6-17)13-26-15-20(11-23(26)28)25(30)27(16-24(29)33-4)14-19-9-21(31-2)12-22(10-19)32-3/h5-10,12,20H,11,13-16H2,1-4H3. The molecule has 8 heteroatoms. The first-order valence-corrected chi connectivity index (χ1v) is 10.7. The molecule has 2 aromatic carbocycles. The number of ether oxygens (including phenoxy) is 3. The van der Waals surface area contributed by atoms with Gasteiger partial charge in [0.25, 0.3) is 0 Å². The van der Waals surface area contributed by atoms with Gasteiger partial charge in [0.15, 0.2) is 0 Å². The third kappa shape index (κ3) is 6.25. The molecule has 2 aromatic rings. The highest BCUT2D eigenvalue weighted by molar-refractivity contribution is 5.90. The molecule has 2 amide bonds. The molecule has 0 spiro atoms. The zero-order chi connectivity index (χ0) is 24.0. The van der Waals surface area contributed by atoms with E-state index in [9.17, 15) is 14.4 Å². The van der Waals surface area contributed by atoms with E-state index in [1.807, 2.05) is 31.2 Å². The number of methoxy groups -OCH3 is 3. The minimum absolute atomic E-state index is 0.0741. The maximum atomic E-state index is 13.4. The molecule has 1 unspecified atom stereocenters. The van der Waals surface area contributed by atoms with Crippen molar-refractivity contribution in [1.29, 1.82) is 0 Å². The number of amides is 2. The molecule has 0 radical (unpaired) electrons. The van der Waals surface area contributed by atoms with Crippen LogP contribution >= 0.6 is 0 Å². The lowest BCUT2D eigenvalue weighted by molar-refractivity contribution is -0.148. The smallest absolute Gasteiger partial charge is 0.325 e. The summed E-state index contributed by atoms with van der Waals surface area (Å²) in [6.07, 6.45) is 0.115. The Bertz CT molecular complexity index is 982. The number of hydrogen-bond acceptors (Lipinski definition) is 6. The average molecular weight is 455 g/mol. The van der Waals surface area contributed by atoms with Crippen LogP contribution in [0.1, 0.15) is 23.1 Å². The number of carbonyl (C=O) groups is 3. The van der Waals surface area contributed by atoms with Gasteiger partial charge in [0, 0.05) is 32.1 Å². The van der Waals surface area contributed by atoms with E-state index in [1.54, 1.807) is 37.3 Å². The number of hydrogen-bond donors (Lipinski definition) is 0. The van der Waals surface area contributed by atoms with Crippen LogP contribution in [0.2, 0.25) is 0 Å². The molecule has 3 rings (SSSR count). The molecule has 1 saturated heterocycles. The summed E-state index contributed by atoms with van der Waals surface area (Å²) in [5.74, 6) is -0.235. The number of likely N-dealkylation sites (tertiary alicyclic amines) is 1. The minimum Gasteiger partial charge on any atom is -0.497 e. The Balaban J connectivity index is 1.75. The van der Waals surface area contributed by atoms with Gasteiger partial charge in [0.2, 0.25) is 11.8 Å². The van der Waals surface area contributed by atoms with Crippen molar-refractivity contribution >= 4 is 17.8 Å². The third-order valence-corrected chi connectivity index (χ3v) is 5.70. The Hall–Kier alpha value is -3.55. The highest BCUT2D eigenvalue weighted by atomic mass is 16.5. The minimum atomic E-state index is -0.529. The summed E-state index contributed by atoms with van der Waals surface area (Å²) in [4.78, 5) is 41.1. The van der Waals surface area contributed by atoms with E-state index in [2.05, 4.69) is 0 Å². The first kappa shape index (κ1) is 24.1. The summed E-state index contributed by atoms with van der Waals surface area (Å²) in [6, 6.07) is 13.3. The second-order valence-corrected chi connectivity index (χ2v) is 8.15. The van der Waals surface area contributed by atoms with Gasteiger partial charge < -0.3 is 24.0 Å². The first-order valence-electron chi connectivity index (χ1n) is 10.7. The summed E-state index contributed by atoms with van der Waals surface area (Å²) in [5, 5.41) is 0. The zero-order valence-electron chi connectivity index (χ0n) is 19.5. The summed E-state index contributed by atoms with van der Waals surface area (Å²) in [5.41, 5.74) is 2.90. The van der Waals surface area contributed by atoms with Crippen molar-refractivity contribution in [1.82, 2.24) is 9.80 Å². The Labute approximate surface area is 194 Å². The van der Waals surface area contributed by atoms with Crippen LogP contribution in [-0.4, -0.2) is 62.0 Å². The zero-order valence-corrected chi connectivity index (χ0v) is 19.5. The van der Waals surface area contributed by atoms with E-state index in [-0.39, 0.29) is 31.3 Å². The maximum absolute atomic E-state index is 13.4. The van der Waals surface area contributed by atoms with Gasteiger partial charge in [-0.15, -0.1) is 0 Å². The van der Waals surface area contributed by atoms with E-state index in [0.29, 0.717) is 24.6 Å². The molecule has 1 aliphatic heterocycles. The number of aryl methyl sites for hydroxylation is 1. The molecule has 8 nitrogen and oxygen atoms in total. The average Bonchev–Trinajstić information content (AvgIpc) is 3.19. The number of benzene rings is 2. The van der Waals surface area contributed by atoms with E-state index < -0.39 is 11.9 Å². The van der Waals surface area contributed by atoms with Gasteiger partial charge in [-0.1, -0.05) is 29.8 Å². The lowest BCUT2D eigenvalue weighted by Crippen LogP contribution is -2.40. The number of carbonyl (C=O) groups excluding carboxylic acids is 3. The summed E-state index contributed by atoms with van der Waals surface area (Å²) in [6.45, 7) is 2.71. The van der Waals surface area contributed by atoms with Gasteiger partial charge in [-0.25, -0.2) is 0 Å². The molecular weight excluding hydrogens is 424 g/mol. The fourth-order valence-electron chi connectivity index (χ4n) is 3.87. The summed E-state index contributed by atoms with van der Waals surface area (Å²) >= 11 is 0. The quantitative estimate of drug-likeness (QED) is 0.542. The fraction of sp³-hybridized carbons (Fsp3) is 0.400. The molecule has 1 aliphatic rings. The molecule has 176 valence electrons. The molecule has 0 N–H and O–H groups in total. The molecule has 1 atom stereocenters. The number of rotatable bonds is 9. The SMILES string of the molecule is COC(=O)CN(Cc1cc(OC)cc(OC)c1)C(=O)C1CC(=O)N(Cc2ccc(C)cc2)C1. The van der Waals surface area contributed by atoms with E-state index in [4.69, 9.17) is 14.2 Å². The van der Waals surface area contributed by atoms with Crippen LogP contribution in [-0.2, 0) is 32.2 Å². The molecule has 33 heavy (non-hydrogen) atoms. The topological polar surface area (TPSA) is 85.4 Å². The summed E-state index contributed by atoms with van der Waals surface area (Å²) in [7, 11) is 4.37. The van der Waals surface area contributed by atoms with Crippen LogP contribution in [0.15, 0.2) is 42.5 Å². The molecular formula is C25H30N2O6. The van der Waals surface area contributed by atoms with Crippen LogP contribution in [0.5, 0.6) is 11.5 Å². The van der Waals surface area contributed by atoms with Gasteiger partial charge in [-0.3, -0.25) is 14.4 Å². The van der Waals surface area contributed by atoms with Gasteiger partial charge in [-0.05, 0) is 30.2 Å². The predicted octanol–water partition coefficient (Wildman–Crippen LogP) is 2.56. The summed E-state index contributed by atoms with van der Waals surface area (Å²) < 4.78 is 15.4. The van der Waals surface area contributed by atoms with Gasteiger partial charge in [-0.2, -0.15) is 0 Å². The molecule has 1 fully saturated rings. The maximum Gasteiger partial charge on any atom is 0.325 e. The van der Waals surface area contributed by atoms with E-state index in [1.165, 1.54) is 12.0 Å². The Morgan fingerprint density at radius 2 is 1.64 bits per heavy atom. The van der Waals surface area contributed by atoms with Crippen molar-refractivity contribution in [3.8, 4) is 11.5 Å². The Kier molecular flexibility index (Phi) is 7.92. The van der Waals surface area contributed by atoms with Crippen molar-refractivity contribution in [2.45, 2.75) is 26.4 Å². The first-order chi connectivity index (χ1) is 15.8. The molecule has 0 aliphatic carbocycles. The second-order valence-electron chi connectivity index (χ2n) is 8.15. The van der Waals surface area contributed by atoms with Crippen molar-refractivity contribution in [3.05, 3.63) is 59.2 Å². The van der Waals surface area contributed by atoms with Gasteiger partial charge in [0.05, 0.1) is 27.2 Å². The van der Waals surface area contributed by atoms with Crippen LogP contribution in [0, 0.1) is 12.8 Å². The van der Waals surface area contributed by atoms with Crippen LogP contribution in [0.25, 0.3) is 0 Å². The molecule has 0 aromatic heterocycles. The van der Waals surface area contributed by atoms with Crippen molar-refractivity contribution in [2.75, 3.05) is 34.4 Å². The van der Waals surface area contributed by atoms with Crippen LogP contribution in [0.4, 0.5) is 0 Å². The van der Waals surface area contributed by atoms with Crippen molar-refractivity contribution < 1.29 is 28.6 Å². The van der Waals surface area contributed by atoms with Crippen LogP contribution in [0.3, 0.4) is 0 Å². The largest absolute Gasteiger partial charge is 0.497 e. The molecule has 0 bridgehead atoms. The lowest BCUT2D eigenvalue weighted by atomic mass is 10.1. The predicted molar refractivity (Wildman–Crippen MR) is 122 cm³/mol. The van der Waals surface area contributed by atoms with Gasteiger partial charge in [0.1, 0.15) is 18.0 Å². The highest BCUT2D eigenvalue weighted by Crippen LogP contribution is 2.26. The van der Waals surface area contributed by atoms with Crippen LogP contribution < -0.4 is 9.47 Å². The molecule has 1 heterocycles. The highest BCUT2D eigenvalue weighted by Gasteiger charge is 2.37. The number of nitrogens with zero attached hydrogens (tertiary/aromatic N) is 2. The lowest BCUT2D eigenvalue weighted by Gasteiger charge is -2.25. The third-order valence-electron chi connectivity index (χ3n) is 5.70. The van der Waals surface area contributed by atoms with Crippen molar-refractivity contribution in [2.24, 2.45) is 5.92 Å². The second kappa shape index (κ2) is 10.8. The monoisotopic (exact) mass is 454 g/mol. The Morgan fingerprint density at radius 3 is 2.21 bits per heavy atom. The molecule has 0 saturated carbocycles.